The van der Waals surface area contributed by atoms with Gasteiger partial charge in [0.05, 0.1) is 27.6 Å². The summed E-state index contributed by atoms with van der Waals surface area (Å²) in [6.07, 6.45) is 4.00. The molecule has 2 aromatic carbocycles. The van der Waals surface area contributed by atoms with Crippen LogP contribution in [-0.4, -0.2) is 40.1 Å². The van der Waals surface area contributed by atoms with Crippen molar-refractivity contribution in [3.05, 3.63) is 117 Å². The molecule has 0 radical (unpaired) electrons. The minimum atomic E-state index is -4.14. The molecule has 11 nitrogen and oxygen atoms in total. The second kappa shape index (κ2) is 9.85. The molecule has 1 unspecified atom stereocenters. The number of nitro benzene ring substituents is 1. The Morgan fingerprint density at radius 3 is 2.38 bits per heavy atom. The van der Waals surface area contributed by atoms with E-state index in [9.17, 15) is 33.2 Å². The van der Waals surface area contributed by atoms with Gasteiger partial charge in [-0.3, -0.25) is 29.6 Å². The Bertz CT molecular complexity index is 1750. The van der Waals surface area contributed by atoms with E-state index >= 15 is 0 Å². The van der Waals surface area contributed by atoms with E-state index in [1.807, 2.05) is 6.92 Å². The molecular formula is C26H18N4O7S2. The normalized spacial score (nSPS) is 15.6. The first kappa shape index (κ1) is 25.9. The van der Waals surface area contributed by atoms with Gasteiger partial charge in [-0.25, -0.2) is 13.4 Å². The van der Waals surface area contributed by atoms with E-state index in [4.69, 9.17) is 0 Å². The predicted molar refractivity (Wildman–Crippen MR) is 140 cm³/mol. The van der Waals surface area contributed by atoms with Crippen LogP contribution in [0.2, 0.25) is 0 Å². The van der Waals surface area contributed by atoms with Gasteiger partial charge in [-0.15, -0.1) is 0 Å². The van der Waals surface area contributed by atoms with Gasteiger partial charge in [-0.1, -0.05) is 47.2 Å². The number of non-ortho nitro benzene ring substituents is 1. The third kappa shape index (κ3) is 4.57. The minimum absolute atomic E-state index is 0.0763. The number of benzene rings is 2. The summed E-state index contributed by atoms with van der Waals surface area (Å²) in [5.41, 5.74) is 1.12. The van der Waals surface area contributed by atoms with Crippen LogP contribution in [0.4, 0.5) is 10.8 Å². The fraction of sp³-hybridized carbons (Fsp3) is 0.0769. The van der Waals surface area contributed by atoms with Crippen molar-refractivity contribution < 1.29 is 28.0 Å². The van der Waals surface area contributed by atoms with Crippen LogP contribution in [0.5, 0.6) is 0 Å². The zero-order valence-electron chi connectivity index (χ0n) is 20.1. The minimum Gasteiger partial charge on any atom is -0.503 e. The zero-order valence-corrected chi connectivity index (χ0v) is 21.7. The molecule has 1 aliphatic heterocycles. The Labute approximate surface area is 225 Å². The molecule has 0 saturated carbocycles. The van der Waals surface area contributed by atoms with Crippen LogP contribution in [0.25, 0.3) is 0 Å². The number of carbonyl (C=O) groups is 2. The number of thiazole rings is 1. The van der Waals surface area contributed by atoms with Gasteiger partial charge < -0.3 is 5.11 Å². The number of aromatic nitrogens is 2. The van der Waals surface area contributed by atoms with E-state index < -0.39 is 38.3 Å². The number of amides is 1. The molecule has 0 fully saturated rings. The van der Waals surface area contributed by atoms with Gasteiger partial charge in [0.15, 0.2) is 16.7 Å². The third-order valence-corrected chi connectivity index (χ3v) is 9.30. The quantitative estimate of drug-likeness (QED) is 0.196. The van der Waals surface area contributed by atoms with Crippen LogP contribution in [0.15, 0.2) is 99.7 Å². The highest BCUT2D eigenvalue weighted by Crippen LogP contribution is 2.44. The zero-order chi connectivity index (χ0) is 27.9. The largest absolute Gasteiger partial charge is 0.503 e. The van der Waals surface area contributed by atoms with E-state index in [0.717, 1.165) is 40.9 Å². The molecule has 13 heteroatoms. The standard InChI is InChI=1S/C26H18N4O7S2/c1-15-4-6-16(7-5-15)23(31)21-22(17-3-2-12-27-13-17)29(25(33)24(21)32)26-28-14-20(38-26)39(36,37)19-10-8-18(9-11-19)30(34)35/h2-14,22,32H,1H3. The molecule has 2 aromatic heterocycles. The number of hydrogen-bond acceptors (Lipinski definition) is 10. The number of nitro groups is 1. The molecule has 1 aliphatic rings. The maximum atomic E-state index is 13.5. The van der Waals surface area contributed by atoms with E-state index in [2.05, 4.69) is 9.97 Å². The Balaban J connectivity index is 1.56. The maximum absolute atomic E-state index is 13.5. The number of carbonyl (C=O) groups excluding carboxylic acids is 2. The molecule has 1 amide bonds. The lowest BCUT2D eigenvalue weighted by Gasteiger charge is -2.24. The van der Waals surface area contributed by atoms with Crippen LogP contribution in [0, 0.1) is 17.0 Å². The van der Waals surface area contributed by atoms with Gasteiger partial charge in [0.2, 0.25) is 9.84 Å². The van der Waals surface area contributed by atoms with Crippen LogP contribution in [0.3, 0.4) is 0 Å². The second-order valence-electron chi connectivity index (χ2n) is 8.54. The van der Waals surface area contributed by atoms with Gasteiger partial charge >= 0.3 is 0 Å². The Morgan fingerprint density at radius 2 is 1.77 bits per heavy atom. The summed E-state index contributed by atoms with van der Waals surface area (Å²) in [7, 11) is -4.14. The highest BCUT2D eigenvalue weighted by molar-refractivity contribution is 7.93. The van der Waals surface area contributed by atoms with Gasteiger partial charge in [-0.05, 0) is 30.7 Å². The number of aliphatic hydroxyl groups is 1. The average molecular weight is 563 g/mol. The van der Waals surface area contributed by atoms with E-state index in [-0.39, 0.29) is 31.1 Å². The average Bonchev–Trinajstić information content (AvgIpc) is 3.53. The first-order chi connectivity index (χ1) is 18.6. The molecule has 5 rings (SSSR count). The van der Waals surface area contributed by atoms with E-state index in [1.165, 1.54) is 12.4 Å². The third-order valence-electron chi connectivity index (χ3n) is 6.07. The number of aryl methyl sites for hydroxylation is 1. The fourth-order valence-electron chi connectivity index (χ4n) is 4.10. The number of sulfone groups is 1. The summed E-state index contributed by atoms with van der Waals surface area (Å²) in [5, 5.41) is 21.7. The van der Waals surface area contributed by atoms with Gasteiger partial charge in [0.1, 0.15) is 4.21 Å². The summed E-state index contributed by atoms with van der Waals surface area (Å²) in [4.78, 5) is 46.2. The van der Waals surface area contributed by atoms with Crippen molar-refractivity contribution in [2.45, 2.75) is 22.1 Å². The van der Waals surface area contributed by atoms with Crippen LogP contribution in [-0.2, 0) is 14.6 Å². The number of rotatable bonds is 7. The fourth-order valence-corrected chi connectivity index (χ4v) is 6.64. The smallest absolute Gasteiger partial charge is 0.296 e. The molecular weight excluding hydrogens is 544 g/mol. The Kier molecular flexibility index (Phi) is 6.54. The molecule has 4 aromatic rings. The summed E-state index contributed by atoms with van der Waals surface area (Å²) in [6, 6.07) is 13.1. The van der Waals surface area contributed by atoms with Crippen molar-refractivity contribution in [3.8, 4) is 0 Å². The van der Waals surface area contributed by atoms with Crippen molar-refractivity contribution in [1.82, 2.24) is 9.97 Å². The lowest BCUT2D eigenvalue weighted by molar-refractivity contribution is -0.384. The van der Waals surface area contributed by atoms with Crippen LogP contribution in [0.1, 0.15) is 27.5 Å². The molecule has 0 bridgehead atoms. The maximum Gasteiger partial charge on any atom is 0.296 e. The molecule has 0 spiro atoms. The highest BCUT2D eigenvalue weighted by atomic mass is 32.2. The Morgan fingerprint density at radius 1 is 1.08 bits per heavy atom. The lowest BCUT2D eigenvalue weighted by Crippen LogP contribution is -2.31. The Hall–Kier alpha value is -4.75. The number of ketones is 1. The molecule has 3 heterocycles. The molecule has 39 heavy (non-hydrogen) atoms. The van der Waals surface area contributed by atoms with Crippen molar-refractivity contribution in [1.29, 1.82) is 0 Å². The van der Waals surface area contributed by atoms with E-state index in [0.29, 0.717) is 16.9 Å². The van der Waals surface area contributed by atoms with E-state index in [1.54, 1.807) is 36.4 Å². The number of aliphatic hydroxyl groups excluding tert-OH is 1. The van der Waals surface area contributed by atoms with Gasteiger partial charge in [0.25, 0.3) is 11.6 Å². The van der Waals surface area contributed by atoms with Gasteiger partial charge in [0, 0.05) is 30.1 Å². The van der Waals surface area contributed by atoms with Crippen molar-refractivity contribution in [2.75, 3.05) is 4.90 Å². The van der Waals surface area contributed by atoms with Crippen LogP contribution >= 0.6 is 11.3 Å². The van der Waals surface area contributed by atoms with Crippen molar-refractivity contribution in [3.63, 3.8) is 0 Å². The predicted octanol–water partition coefficient (Wildman–Crippen LogP) is 4.37. The number of nitrogens with zero attached hydrogens (tertiary/aromatic N) is 4. The SMILES string of the molecule is Cc1ccc(C(=O)C2=C(O)C(=O)N(c3ncc(S(=O)(=O)c4ccc([N+](=O)[O-])cc4)s3)C2c2cccnc2)cc1. The second-order valence-corrected chi connectivity index (χ2v) is 11.7. The monoisotopic (exact) mass is 562 g/mol. The lowest BCUT2D eigenvalue weighted by atomic mass is 9.93. The summed E-state index contributed by atoms with van der Waals surface area (Å²) in [6.45, 7) is 1.86. The molecule has 0 saturated heterocycles. The number of pyridine rings is 1. The number of hydrogen-bond donors (Lipinski definition) is 1. The summed E-state index contributed by atoms with van der Waals surface area (Å²) < 4.78 is 26.2. The number of anilines is 1. The molecule has 1 atom stereocenters. The molecule has 0 aliphatic carbocycles. The molecule has 1 N–H and O–H groups in total. The van der Waals surface area contributed by atoms with Gasteiger partial charge in [-0.2, -0.15) is 0 Å². The first-order valence-corrected chi connectivity index (χ1v) is 13.6. The highest BCUT2D eigenvalue weighted by Gasteiger charge is 2.46. The summed E-state index contributed by atoms with van der Waals surface area (Å²) in [5.74, 6) is -2.27. The first-order valence-electron chi connectivity index (χ1n) is 11.3. The topological polar surface area (TPSA) is 161 Å². The van der Waals surface area contributed by atoms with Crippen LogP contribution < -0.4 is 4.90 Å². The van der Waals surface area contributed by atoms with Crippen molar-refractivity contribution in [2.24, 2.45) is 0 Å². The van der Waals surface area contributed by atoms with Crippen molar-refractivity contribution >= 4 is 43.7 Å². The summed E-state index contributed by atoms with van der Waals surface area (Å²) >= 11 is 0.661. The number of Topliss-reactive ketones (excluding diaryl/α,β-unsaturated/α-hetero) is 1. The molecule has 196 valence electrons.